The van der Waals surface area contributed by atoms with Crippen molar-refractivity contribution >= 4 is 11.6 Å². The summed E-state index contributed by atoms with van der Waals surface area (Å²) in [6.45, 7) is 3.37. The second kappa shape index (κ2) is 4.88. The van der Waals surface area contributed by atoms with Crippen LogP contribution < -0.4 is 5.32 Å². The van der Waals surface area contributed by atoms with Crippen LogP contribution in [0.3, 0.4) is 0 Å². The minimum absolute atomic E-state index is 0.200. The summed E-state index contributed by atoms with van der Waals surface area (Å²) < 4.78 is 18.6. The van der Waals surface area contributed by atoms with Gasteiger partial charge in [-0.15, -0.1) is 0 Å². The highest BCUT2D eigenvalue weighted by atomic mass is 19.1. The fourth-order valence-electron chi connectivity index (χ4n) is 1.84. The van der Waals surface area contributed by atoms with Crippen LogP contribution >= 0.6 is 0 Å². The van der Waals surface area contributed by atoms with Gasteiger partial charge in [0, 0.05) is 5.92 Å². The number of nitrogens with zero attached hydrogens (tertiary/aromatic N) is 2. The fraction of sp³-hybridized carbons (Fsp3) is 0.214. The molecule has 102 valence electrons. The second-order valence-electron chi connectivity index (χ2n) is 4.62. The maximum atomic E-state index is 13.4. The molecule has 3 rings (SSSR count). The van der Waals surface area contributed by atoms with Gasteiger partial charge in [0.1, 0.15) is 5.82 Å². The first-order valence-corrected chi connectivity index (χ1v) is 6.24. The van der Waals surface area contributed by atoms with E-state index in [0.717, 1.165) is 18.9 Å². The highest BCUT2D eigenvalue weighted by Crippen LogP contribution is 2.39. The molecule has 0 bridgehead atoms. The van der Waals surface area contributed by atoms with Gasteiger partial charge in [-0.25, -0.2) is 4.39 Å². The summed E-state index contributed by atoms with van der Waals surface area (Å²) in [5, 5.41) is 6.47. The molecule has 5 nitrogen and oxygen atoms in total. The Kier molecular flexibility index (Phi) is 3.06. The molecule has 1 aliphatic rings. The average Bonchev–Trinajstić information content (AvgIpc) is 3.18. The van der Waals surface area contributed by atoms with E-state index >= 15 is 0 Å². The molecule has 1 aromatic heterocycles. The monoisotopic (exact) mass is 273 g/mol. The van der Waals surface area contributed by atoms with E-state index in [2.05, 4.69) is 22.0 Å². The molecule has 20 heavy (non-hydrogen) atoms. The van der Waals surface area contributed by atoms with Crippen molar-refractivity contribution < 1.29 is 13.7 Å². The van der Waals surface area contributed by atoms with Crippen molar-refractivity contribution in [2.75, 3.05) is 5.32 Å². The molecule has 1 aliphatic carbocycles. The molecule has 1 saturated carbocycles. The van der Waals surface area contributed by atoms with Gasteiger partial charge >= 0.3 is 0 Å². The van der Waals surface area contributed by atoms with Crippen LogP contribution in [0, 0.1) is 5.82 Å². The van der Waals surface area contributed by atoms with Crippen molar-refractivity contribution in [1.82, 2.24) is 10.1 Å². The SMILES string of the molecule is C=CC(=O)Nc1ccc(F)cc1-c1nc(C2CC2)no1. The molecular formula is C14H12FN3O2. The van der Waals surface area contributed by atoms with Gasteiger partial charge in [0.2, 0.25) is 5.91 Å². The van der Waals surface area contributed by atoms with Gasteiger partial charge < -0.3 is 9.84 Å². The number of anilines is 1. The second-order valence-corrected chi connectivity index (χ2v) is 4.62. The van der Waals surface area contributed by atoms with E-state index in [1.165, 1.54) is 18.2 Å². The third-order valence-corrected chi connectivity index (χ3v) is 3.04. The minimum atomic E-state index is -0.442. The molecule has 0 unspecified atom stereocenters. The number of aromatic nitrogens is 2. The third kappa shape index (κ3) is 2.45. The van der Waals surface area contributed by atoms with Gasteiger partial charge in [-0.2, -0.15) is 4.98 Å². The lowest BCUT2D eigenvalue weighted by Crippen LogP contribution is -2.08. The Morgan fingerprint density at radius 2 is 2.30 bits per heavy atom. The minimum Gasteiger partial charge on any atom is -0.334 e. The van der Waals surface area contributed by atoms with Crippen LogP contribution in [-0.2, 0) is 4.79 Å². The average molecular weight is 273 g/mol. The van der Waals surface area contributed by atoms with Crippen LogP contribution in [0.4, 0.5) is 10.1 Å². The molecule has 1 amide bonds. The molecule has 0 radical (unpaired) electrons. The van der Waals surface area contributed by atoms with Crippen LogP contribution in [0.25, 0.3) is 11.5 Å². The molecule has 0 atom stereocenters. The predicted octanol–water partition coefficient (Wildman–Crippen LogP) is 2.88. The number of halogens is 1. The maximum Gasteiger partial charge on any atom is 0.260 e. The third-order valence-electron chi connectivity index (χ3n) is 3.04. The molecule has 1 N–H and O–H groups in total. The van der Waals surface area contributed by atoms with Crippen LogP contribution in [0.5, 0.6) is 0 Å². The number of hydrogen-bond donors (Lipinski definition) is 1. The van der Waals surface area contributed by atoms with Crippen molar-refractivity contribution in [2.45, 2.75) is 18.8 Å². The summed E-state index contributed by atoms with van der Waals surface area (Å²) >= 11 is 0. The molecule has 1 aromatic carbocycles. The van der Waals surface area contributed by atoms with Crippen LogP contribution in [-0.4, -0.2) is 16.0 Å². The van der Waals surface area contributed by atoms with Gasteiger partial charge in [-0.1, -0.05) is 11.7 Å². The van der Waals surface area contributed by atoms with E-state index in [-0.39, 0.29) is 11.8 Å². The largest absolute Gasteiger partial charge is 0.334 e. The standard InChI is InChI=1S/C14H12FN3O2/c1-2-12(19)16-11-6-5-9(15)7-10(11)14-17-13(18-20-14)8-3-4-8/h2,5-8H,1,3-4H2,(H,16,19). The summed E-state index contributed by atoms with van der Waals surface area (Å²) in [4.78, 5) is 15.6. The summed E-state index contributed by atoms with van der Waals surface area (Å²) in [5.41, 5.74) is 0.766. The Labute approximate surface area is 114 Å². The molecular weight excluding hydrogens is 261 g/mol. The lowest BCUT2D eigenvalue weighted by atomic mass is 10.1. The Morgan fingerprint density at radius 3 is 3.00 bits per heavy atom. The van der Waals surface area contributed by atoms with Crippen LogP contribution in [0.2, 0.25) is 0 Å². The highest BCUT2D eigenvalue weighted by Gasteiger charge is 2.29. The van der Waals surface area contributed by atoms with Crippen LogP contribution in [0.15, 0.2) is 35.4 Å². The van der Waals surface area contributed by atoms with E-state index in [1.54, 1.807) is 0 Å². The normalized spacial score (nSPS) is 14.1. The lowest BCUT2D eigenvalue weighted by Gasteiger charge is -2.06. The van der Waals surface area contributed by atoms with Gasteiger partial charge in [-0.3, -0.25) is 4.79 Å². The summed E-state index contributed by atoms with van der Waals surface area (Å²) in [6, 6.07) is 3.95. The fourth-order valence-corrected chi connectivity index (χ4v) is 1.84. The van der Waals surface area contributed by atoms with Gasteiger partial charge in [-0.05, 0) is 37.1 Å². The lowest BCUT2D eigenvalue weighted by molar-refractivity contribution is -0.111. The molecule has 1 heterocycles. The van der Waals surface area contributed by atoms with E-state index in [9.17, 15) is 9.18 Å². The first-order valence-electron chi connectivity index (χ1n) is 6.24. The molecule has 0 saturated heterocycles. The quantitative estimate of drug-likeness (QED) is 0.870. The molecule has 1 fully saturated rings. The summed E-state index contributed by atoms with van der Waals surface area (Å²) in [5.74, 6) is 0.339. The number of carbonyl (C=O) groups excluding carboxylic acids is 1. The van der Waals surface area contributed by atoms with E-state index in [1.807, 2.05) is 0 Å². The van der Waals surface area contributed by atoms with Crippen molar-refractivity contribution in [3.63, 3.8) is 0 Å². The van der Waals surface area contributed by atoms with Crippen molar-refractivity contribution in [2.24, 2.45) is 0 Å². The molecule has 0 spiro atoms. The van der Waals surface area contributed by atoms with Crippen LogP contribution in [0.1, 0.15) is 24.6 Å². The number of hydrogen-bond acceptors (Lipinski definition) is 4. The summed E-state index contributed by atoms with van der Waals surface area (Å²) in [7, 11) is 0. The first kappa shape index (κ1) is 12.5. The number of amides is 1. The van der Waals surface area contributed by atoms with Gasteiger partial charge in [0.15, 0.2) is 5.82 Å². The Hall–Kier alpha value is -2.50. The van der Waals surface area contributed by atoms with E-state index in [0.29, 0.717) is 23.0 Å². The number of carbonyl (C=O) groups is 1. The van der Waals surface area contributed by atoms with Crippen molar-refractivity contribution in [3.8, 4) is 11.5 Å². The number of benzene rings is 1. The zero-order valence-corrected chi connectivity index (χ0v) is 10.6. The Bertz CT molecular complexity index is 677. The Balaban J connectivity index is 1.98. The van der Waals surface area contributed by atoms with Crippen molar-refractivity contribution in [1.29, 1.82) is 0 Å². The Morgan fingerprint density at radius 1 is 1.50 bits per heavy atom. The molecule has 2 aromatic rings. The number of rotatable bonds is 4. The number of nitrogens with one attached hydrogen (secondary N) is 1. The smallest absolute Gasteiger partial charge is 0.260 e. The predicted molar refractivity (Wildman–Crippen MR) is 70.5 cm³/mol. The van der Waals surface area contributed by atoms with E-state index in [4.69, 9.17) is 4.52 Å². The van der Waals surface area contributed by atoms with Crippen molar-refractivity contribution in [3.05, 3.63) is 42.5 Å². The topological polar surface area (TPSA) is 68.0 Å². The van der Waals surface area contributed by atoms with Gasteiger partial charge in [0.05, 0.1) is 11.3 Å². The summed E-state index contributed by atoms with van der Waals surface area (Å²) in [6.07, 6.45) is 3.22. The zero-order valence-electron chi connectivity index (χ0n) is 10.6. The molecule has 6 heteroatoms. The maximum absolute atomic E-state index is 13.4. The zero-order chi connectivity index (χ0) is 14.1. The first-order chi connectivity index (χ1) is 9.67. The van der Waals surface area contributed by atoms with E-state index < -0.39 is 5.82 Å². The molecule has 0 aliphatic heterocycles. The van der Waals surface area contributed by atoms with Gasteiger partial charge in [0.25, 0.3) is 5.89 Å². The highest BCUT2D eigenvalue weighted by molar-refractivity contribution is 6.01.